The topological polar surface area (TPSA) is 75.4 Å². The summed E-state index contributed by atoms with van der Waals surface area (Å²) in [6, 6.07) is 6.87. The Morgan fingerprint density at radius 2 is 1.94 bits per heavy atom. The van der Waals surface area contributed by atoms with Gasteiger partial charge in [-0.1, -0.05) is 38.3 Å². The maximum absolute atomic E-state index is 13.4. The van der Waals surface area contributed by atoms with Gasteiger partial charge in [-0.3, -0.25) is 9.59 Å². The SMILES string of the molecule is CC(C)C[C@H]1C(=O)N[C@@H](C2CCCCC2)CN1C(=O)c1cc(-c2ccc(F)cc2)on1. The van der Waals surface area contributed by atoms with Crippen LogP contribution in [0.4, 0.5) is 4.39 Å². The van der Waals surface area contributed by atoms with Crippen LogP contribution in [-0.2, 0) is 4.79 Å². The highest BCUT2D eigenvalue weighted by Crippen LogP contribution is 2.30. The van der Waals surface area contributed by atoms with Crippen molar-refractivity contribution in [3.05, 3.63) is 41.8 Å². The number of carbonyl (C=O) groups is 2. The molecule has 0 unspecified atom stereocenters. The van der Waals surface area contributed by atoms with Gasteiger partial charge in [0.15, 0.2) is 11.5 Å². The summed E-state index contributed by atoms with van der Waals surface area (Å²) in [4.78, 5) is 28.1. The third-order valence-electron chi connectivity index (χ3n) is 6.43. The number of hydrogen-bond acceptors (Lipinski definition) is 4. The standard InChI is InChI=1S/C24H30FN3O3/c1-15(2)12-21-23(29)26-20(16-6-4-3-5-7-16)14-28(21)24(30)19-13-22(31-27-19)17-8-10-18(25)11-9-17/h8-11,13,15-16,20-21H,3-7,12,14H2,1-2H3,(H,26,29)/t20-,21+/m1/s1. The molecule has 1 aliphatic heterocycles. The lowest BCUT2D eigenvalue weighted by atomic mass is 9.82. The molecule has 4 rings (SSSR count). The molecule has 1 aliphatic carbocycles. The maximum Gasteiger partial charge on any atom is 0.276 e. The number of aromatic nitrogens is 1. The van der Waals surface area contributed by atoms with Crippen molar-refractivity contribution in [2.45, 2.75) is 64.5 Å². The first-order valence-corrected chi connectivity index (χ1v) is 11.3. The predicted molar refractivity (Wildman–Crippen MR) is 115 cm³/mol. The van der Waals surface area contributed by atoms with Crippen molar-refractivity contribution < 1.29 is 18.5 Å². The van der Waals surface area contributed by atoms with E-state index in [0.29, 0.717) is 30.2 Å². The molecular weight excluding hydrogens is 397 g/mol. The molecule has 6 nitrogen and oxygen atoms in total. The fraction of sp³-hybridized carbons (Fsp3) is 0.542. The Morgan fingerprint density at radius 1 is 1.23 bits per heavy atom. The zero-order valence-corrected chi connectivity index (χ0v) is 18.1. The Kier molecular flexibility index (Phi) is 6.39. The summed E-state index contributed by atoms with van der Waals surface area (Å²) < 4.78 is 18.6. The van der Waals surface area contributed by atoms with Crippen LogP contribution in [0.2, 0.25) is 0 Å². The highest BCUT2D eigenvalue weighted by molar-refractivity contribution is 5.97. The summed E-state index contributed by atoms with van der Waals surface area (Å²) in [5.41, 5.74) is 0.813. The van der Waals surface area contributed by atoms with Crippen LogP contribution >= 0.6 is 0 Å². The van der Waals surface area contributed by atoms with Gasteiger partial charge in [0.05, 0.1) is 0 Å². The predicted octanol–water partition coefficient (Wildman–Crippen LogP) is 4.42. The van der Waals surface area contributed by atoms with E-state index in [-0.39, 0.29) is 35.3 Å². The Hall–Kier alpha value is -2.70. The van der Waals surface area contributed by atoms with Gasteiger partial charge in [-0.15, -0.1) is 0 Å². The number of nitrogens with one attached hydrogen (secondary N) is 1. The minimum atomic E-state index is -0.515. The molecule has 1 saturated heterocycles. The first kappa shape index (κ1) is 21.5. The molecule has 2 fully saturated rings. The van der Waals surface area contributed by atoms with E-state index in [4.69, 9.17) is 4.52 Å². The van der Waals surface area contributed by atoms with Crippen LogP contribution in [0, 0.1) is 17.7 Å². The maximum atomic E-state index is 13.4. The molecule has 2 atom stereocenters. The van der Waals surface area contributed by atoms with Crippen molar-refractivity contribution in [1.29, 1.82) is 0 Å². The van der Waals surface area contributed by atoms with Crippen LogP contribution in [0.3, 0.4) is 0 Å². The van der Waals surface area contributed by atoms with Crippen molar-refractivity contribution in [3.63, 3.8) is 0 Å². The lowest BCUT2D eigenvalue weighted by Crippen LogP contribution is -2.63. The summed E-state index contributed by atoms with van der Waals surface area (Å²) in [7, 11) is 0. The largest absolute Gasteiger partial charge is 0.355 e. The third-order valence-corrected chi connectivity index (χ3v) is 6.43. The van der Waals surface area contributed by atoms with Gasteiger partial charge in [-0.05, 0) is 55.4 Å². The number of halogens is 1. The average Bonchev–Trinajstić information content (AvgIpc) is 3.25. The molecule has 0 radical (unpaired) electrons. The van der Waals surface area contributed by atoms with Crippen LogP contribution in [0.15, 0.2) is 34.9 Å². The number of hydrogen-bond donors (Lipinski definition) is 1. The van der Waals surface area contributed by atoms with E-state index in [2.05, 4.69) is 10.5 Å². The van der Waals surface area contributed by atoms with E-state index in [9.17, 15) is 14.0 Å². The van der Waals surface area contributed by atoms with Crippen LogP contribution in [0.25, 0.3) is 11.3 Å². The third kappa shape index (κ3) is 4.81. The summed E-state index contributed by atoms with van der Waals surface area (Å²) in [6.45, 7) is 4.59. The van der Waals surface area contributed by atoms with Crippen molar-refractivity contribution in [1.82, 2.24) is 15.4 Å². The average molecular weight is 428 g/mol. The van der Waals surface area contributed by atoms with E-state index >= 15 is 0 Å². The second-order valence-corrected chi connectivity index (χ2v) is 9.20. The molecule has 1 aromatic carbocycles. The minimum absolute atomic E-state index is 0.0244. The molecule has 2 aliphatic rings. The molecule has 0 bridgehead atoms. The smallest absolute Gasteiger partial charge is 0.276 e. The molecule has 31 heavy (non-hydrogen) atoms. The van der Waals surface area contributed by atoms with Crippen molar-refractivity contribution in [3.8, 4) is 11.3 Å². The van der Waals surface area contributed by atoms with E-state index < -0.39 is 6.04 Å². The number of benzene rings is 1. The summed E-state index contributed by atoms with van der Waals surface area (Å²) >= 11 is 0. The highest BCUT2D eigenvalue weighted by Gasteiger charge is 2.41. The van der Waals surface area contributed by atoms with Crippen molar-refractivity contribution >= 4 is 11.8 Å². The fourth-order valence-electron chi connectivity index (χ4n) is 4.79. The van der Waals surface area contributed by atoms with Gasteiger partial charge in [-0.2, -0.15) is 0 Å². The molecule has 1 aromatic heterocycles. The molecule has 2 amide bonds. The highest BCUT2D eigenvalue weighted by atomic mass is 19.1. The first-order chi connectivity index (χ1) is 14.9. The second-order valence-electron chi connectivity index (χ2n) is 9.20. The van der Waals surface area contributed by atoms with E-state index in [0.717, 1.165) is 12.8 Å². The van der Waals surface area contributed by atoms with Crippen LogP contribution in [-0.4, -0.2) is 40.5 Å². The van der Waals surface area contributed by atoms with Gasteiger partial charge in [0, 0.05) is 24.2 Å². The van der Waals surface area contributed by atoms with Crippen LogP contribution in [0.5, 0.6) is 0 Å². The van der Waals surface area contributed by atoms with E-state index in [1.807, 2.05) is 13.8 Å². The zero-order chi connectivity index (χ0) is 22.0. The molecule has 2 aromatic rings. The Bertz CT molecular complexity index is 918. The van der Waals surface area contributed by atoms with E-state index in [1.54, 1.807) is 23.1 Å². The summed E-state index contributed by atoms with van der Waals surface area (Å²) in [6.07, 6.45) is 6.34. The Labute approximate surface area is 182 Å². The molecular formula is C24H30FN3O3. The van der Waals surface area contributed by atoms with Gasteiger partial charge in [0.2, 0.25) is 5.91 Å². The monoisotopic (exact) mass is 427 g/mol. The van der Waals surface area contributed by atoms with Crippen molar-refractivity contribution in [2.75, 3.05) is 6.54 Å². The molecule has 2 heterocycles. The van der Waals surface area contributed by atoms with Crippen LogP contribution < -0.4 is 5.32 Å². The van der Waals surface area contributed by atoms with Gasteiger partial charge >= 0.3 is 0 Å². The number of amides is 2. The second kappa shape index (κ2) is 9.20. The van der Waals surface area contributed by atoms with Crippen LogP contribution in [0.1, 0.15) is 62.9 Å². The number of rotatable bonds is 5. The molecule has 0 spiro atoms. The van der Waals surface area contributed by atoms with Gasteiger partial charge in [0.25, 0.3) is 5.91 Å². The Morgan fingerprint density at radius 3 is 2.61 bits per heavy atom. The van der Waals surface area contributed by atoms with Gasteiger partial charge < -0.3 is 14.7 Å². The van der Waals surface area contributed by atoms with Crippen molar-refractivity contribution in [2.24, 2.45) is 11.8 Å². The quantitative estimate of drug-likeness (QED) is 0.767. The summed E-state index contributed by atoms with van der Waals surface area (Å²) in [5, 5.41) is 7.18. The van der Waals surface area contributed by atoms with E-state index in [1.165, 1.54) is 31.4 Å². The first-order valence-electron chi connectivity index (χ1n) is 11.3. The Balaban J connectivity index is 1.57. The number of nitrogens with zero attached hydrogens (tertiary/aromatic N) is 2. The lowest BCUT2D eigenvalue weighted by molar-refractivity contribution is -0.131. The van der Waals surface area contributed by atoms with Gasteiger partial charge in [-0.25, -0.2) is 4.39 Å². The molecule has 1 N–H and O–H groups in total. The molecule has 7 heteroatoms. The number of carbonyl (C=O) groups excluding carboxylic acids is 2. The summed E-state index contributed by atoms with van der Waals surface area (Å²) in [5.74, 6) is 0.354. The number of piperazine rings is 1. The zero-order valence-electron chi connectivity index (χ0n) is 18.1. The lowest BCUT2D eigenvalue weighted by Gasteiger charge is -2.43. The molecule has 166 valence electrons. The fourth-order valence-corrected chi connectivity index (χ4v) is 4.79. The normalized spacial score (nSPS) is 22.6. The minimum Gasteiger partial charge on any atom is -0.355 e. The molecule has 1 saturated carbocycles. The van der Waals surface area contributed by atoms with Gasteiger partial charge in [0.1, 0.15) is 11.9 Å².